The van der Waals surface area contributed by atoms with Crippen LogP contribution in [0.1, 0.15) is 36.6 Å². The predicted octanol–water partition coefficient (Wildman–Crippen LogP) is 3.68. The van der Waals surface area contributed by atoms with E-state index in [0.29, 0.717) is 22.8 Å². The molecule has 0 radical (unpaired) electrons. The Hall–Kier alpha value is -2.67. The SMILES string of the molecule is COc1cc(CC(=O)CNc2cc(C(C)C)c3c(n2)c(C)nn3C)cc(Cl)n1. The summed E-state index contributed by atoms with van der Waals surface area (Å²) in [6.07, 6.45) is 0.233. The Morgan fingerprint density at radius 2 is 2.04 bits per heavy atom. The van der Waals surface area contributed by atoms with Crippen LogP contribution in [-0.4, -0.2) is 39.2 Å². The summed E-state index contributed by atoms with van der Waals surface area (Å²) in [5, 5.41) is 7.94. The van der Waals surface area contributed by atoms with Crippen LogP contribution in [0.15, 0.2) is 18.2 Å². The molecule has 3 aromatic rings. The van der Waals surface area contributed by atoms with Crippen LogP contribution in [-0.2, 0) is 18.3 Å². The lowest BCUT2D eigenvalue weighted by atomic mass is 10.0. The number of rotatable bonds is 7. The summed E-state index contributed by atoms with van der Waals surface area (Å²) in [6, 6.07) is 5.37. The molecule has 148 valence electrons. The van der Waals surface area contributed by atoms with Gasteiger partial charge in [-0.25, -0.2) is 9.97 Å². The molecule has 0 atom stereocenters. The van der Waals surface area contributed by atoms with Crippen molar-refractivity contribution in [3.63, 3.8) is 0 Å². The average molecular weight is 402 g/mol. The fourth-order valence-corrected chi connectivity index (χ4v) is 3.44. The van der Waals surface area contributed by atoms with Crippen molar-refractivity contribution < 1.29 is 9.53 Å². The molecule has 3 heterocycles. The summed E-state index contributed by atoms with van der Waals surface area (Å²) >= 11 is 5.97. The van der Waals surface area contributed by atoms with Gasteiger partial charge in [-0.05, 0) is 36.1 Å². The molecule has 0 saturated carbocycles. The molecule has 0 unspecified atom stereocenters. The molecular formula is C20H24ClN5O2. The second-order valence-electron chi connectivity index (χ2n) is 7.07. The molecule has 0 fully saturated rings. The first-order chi connectivity index (χ1) is 13.3. The molecule has 0 aliphatic heterocycles. The molecule has 0 saturated heterocycles. The van der Waals surface area contributed by atoms with Crippen LogP contribution in [0.2, 0.25) is 5.15 Å². The quantitative estimate of drug-likeness (QED) is 0.608. The van der Waals surface area contributed by atoms with Gasteiger partial charge in [-0.3, -0.25) is 9.48 Å². The Morgan fingerprint density at radius 3 is 2.71 bits per heavy atom. The Morgan fingerprint density at radius 1 is 1.29 bits per heavy atom. The van der Waals surface area contributed by atoms with Crippen molar-refractivity contribution in [1.82, 2.24) is 19.7 Å². The number of fused-ring (bicyclic) bond motifs is 1. The first kappa shape index (κ1) is 20.1. The number of aromatic nitrogens is 4. The maximum absolute atomic E-state index is 12.4. The topological polar surface area (TPSA) is 81.9 Å². The third-order valence-corrected chi connectivity index (χ3v) is 4.71. The Balaban J connectivity index is 1.77. The van der Waals surface area contributed by atoms with E-state index in [4.69, 9.17) is 16.3 Å². The van der Waals surface area contributed by atoms with Crippen molar-refractivity contribution in [2.24, 2.45) is 7.05 Å². The zero-order valence-corrected chi connectivity index (χ0v) is 17.5. The van der Waals surface area contributed by atoms with E-state index in [1.165, 1.54) is 7.11 Å². The summed E-state index contributed by atoms with van der Waals surface area (Å²) in [6.45, 7) is 6.37. The Labute approximate surface area is 169 Å². The molecule has 1 N–H and O–H groups in total. The van der Waals surface area contributed by atoms with Gasteiger partial charge in [0.2, 0.25) is 5.88 Å². The summed E-state index contributed by atoms with van der Waals surface area (Å²) in [4.78, 5) is 21.1. The van der Waals surface area contributed by atoms with Gasteiger partial charge in [-0.2, -0.15) is 5.10 Å². The van der Waals surface area contributed by atoms with Gasteiger partial charge in [0, 0.05) is 19.5 Å². The van der Waals surface area contributed by atoms with Crippen LogP contribution in [0.3, 0.4) is 0 Å². The Bertz CT molecular complexity index is 1030. The monoisotopic (exact) mass is 401 g/mol. The van der Waals surface area contributed by atoms with Crippen molar-refractivity contribution in [2.45, 2.75) is 33.1 Å². The molecular weight excluding hydrogens is 378 g/mol. The van der Waals surface area contributed by atoms with Gasteiger partial charge in [0.15, 0.2) is 5.78 Å². The van der Waals surface area contributed by atoms with E-state index in [9.17, 15) is 4.79 Å². The van der Waals surface area contributed by atoms with E-state index in [0.717, 1.165) is 27.9 Å². The van der Waals surface area contributed by atoms with Crippen LogP contribution >= 0.6 is 11.6 Å². The number of pyridine rings is 2. The number of methoxy groups -OCH3 is 1. The maximum Gasteiger partial charge on any atom is 0.214 e. The smallest absolute Gasteiger partial charge is 0.214 e. The van der Waals surface area contributed by atoms with Gasteiger partial charge in [-0.1, -0.05) is 25.4 Å². The summed E-state index contributed by atoms with van der Waals surface area (Å²) in [5.74, 6) is 1.39. The summed E-state index contributed by atoms with van der Waals surface area (Å²) in [7, 11) is 3.44. The second kappa shape index (κ2) is 8.14. The van der Waals surface area contributed by atoms with Gasteiger partial charge < -0.3 is 10.1 Å². The number of anilines is 1. The van der Waals surface area contributed by atoms with Crippen LogP contribution in [0.25, 0.3) is 11.0 Å². The first-order valence-electron chi connectivity index (χ1n) is 9.08. The van der Waals surface area contributed by atoms with E-state index in [1.807, 2.05) is 24.7 Å². The van der Waals surface area contributed by atoms with Crippen molar-refractivity contribution in [1.29, 1.82) is 0 Å². The highest BCUT2D eigenvalue weighted by molar-refractivity contribution is 6.29. The van der Waals surface area contributed by atoms with Crippen molar-refractivity contribution in [2.75, 3.05) is 19.0 Å². The number of ether oxygens (including phenoxy) is 1. The lowest BCUT2D eigenvalue weighted by molar-refractivity contribution is -0.116. The third-order valence-electron chi connectivity index (χ3n) is 4.52. The minimum atomic E-state index is 0.0141. The number of nitrogens with zero attached hydrogens (tertiary/aromatic N) is 4. The van der Waals surface area contributed by atoms with Gasteiger partial charge >= 0.3 is 0 Å². The number of aryl methyl sites for hydroxylation is 2. The van der Waals surface area contributed by atoms with E-state index in [1.54, 1.807) is 12.1 Å². The summed E-state index contributed by atoms with van der Waals surface area (Å²) in [5.41, 5.74) is 4.66. The summed E-state index contributed by atoms with van der Waals surface area (Å²) < 4.78 is 6.96. The first-order valence-corrected chi connectivity index (χ1v) is 9.46. The van der Waals surface area contributed by atoms with Crippen LogP contribution < -0.4 is 10.1 Å². The normalized spacial score (nSPS) is 11.2. The van der Waals surface area contributed by atoms with E-state index in [2.05, 4.69) is 34.2 Å². The largest absolute Gasteiger partial charge is 0.481 e. The molecule has 28 heavy (non-hydrogen) atoms. The molecule has 3 aromatic heterocycles. The maximum atomic E-state index is 12.4. The number of carbonyl (C=O) groups excluding carboxylic acids is 1. The standard InChI is InChI=1S/C20H24ClN5O2/c1-11(2)15-9-17(24-19-12(3)25-26(4)20(15)19)22-10-14(27)6-13-7-16(21)23-18(8-13)28-5/h7-9,11H,6,10H2,1-5H3,(H,22,24). The number of nitrogens with one attached hydrogen (secondary N) is 1. The van der Waals surface area contributed by atoms with Gasteiger partial charge in [0.1, 0.15) is 16.5 Å². The highest BCUT2D eigenvalue weighted by atomic mass is 35.5. The van der Waals surface area contributed by atoms with E-state index in [-0.39, 0.29) is 18.7 Å². The highest BCUT2D eigenvalue weighted by Crippen LogP contribution is 2.28. The minimum Gasteiger partial charge on any atom is -0.481 e. The van der Waals surface area contributed by atoms with Crippen molar-refractivity contribution >= 4 is 34.2 Å². The predicted molar refractivity (Wildman–Crippen MR) is 110 cm³/mol. The lowest BCUT2D eigenvalue weighted by Crippen LogP contribution is -2.17. The van der Waals surface area contributed by atoms with Crippen LogP contribution in [0, 0.1) is 6.92 Å². The zero-order valence-electron chi connectivity index (χ0n) is 16.7. The Kier molecular flexibility index (Phi) is 5.84. The van der Waals surface area contributed by atoms with Gasteiger partial charge in [0.25, 0.3) is 0 Å². The number of Topliss-reactive ketones (excluding diaryl/α,β-unsaturated/α-hetero) is 1. The molecule has 0 amide bonds. The zero-order chi connectivity index (χ0) is 20.4. The van der Waals surface area contributed by atoms with E-state index >= 15 is 0 Å². The van der Waals surface area contributed by atoms with Gasteiger partial charge in [-0.15, -0.1) is 0 Å². The molecule has 0 aromatic carbocycles. The second-order valence-corrected chi connectivity index (χ2v) is 7.45. The number of carbonyl (C=O) groups is 1. The average Bonchev–Trinajstić information content (AvgIpc) is 2.92. The van der Waals surface area contributed by atoms with Gasteiger partial charge in [0.05, 0.1) is 24.9 Å². The number of ketones is 1. The number of hydrogen-bond donors (Lipinski definition) is 1. The van der Waals surface area contributed by atoms with Crippen LogP contribution in [0.4, 0.5) is 5.82 Å². The fraction of sp³-hybridized carbons (Fsp3) is 0.400. The molecule has 0 aliphatic carbocycles. The fourth-order valence-electron chi connectivity index (χ4n) is 3.21. The third kappa shape index (κ3) is 4.25. The van der Waals surface area contributed by atoms with Crippen molar-refractivity contribution in [3.8, 4) is 5.88 Å². The lowest BCUT2D eigenvalue weighted by Gasteiger charge is -2.12. The van der Waals surface area contributed by atoms with Crippen LogP contribution in [0.5, 0.6) is 5.88 Å². The molecule has 8 heteroatoms. The van der Waals surface area contributed by atoms with E-state index < -0.39 is 0 Å². The molecule has 0 spiro atoms. The molecule has 0 bridgehead atoms. The van der Waals surface area contributed by atoms with Crippen molar-refractivity contribution in [3.05, 3.63) is 40.2 Å². The minimum absolute atomic E-state index is 0.0141. The molecule has 7 nitrogen and oxygen atoms in total. The number of halogens is 1. The number of hydrogen-bond acceptors (Lipinski definition) is 6. The molecule has 3 rings (SSSR count). The molecule has 0 aliphatic rings. The highest BCUT2D eigenvalue weighted by Gasteiger charge is 2.16.